The Bertz CT molecular complexity index is 1890. The lowest BCUT2D eigenvalue weighted by Crippen LogP contribution is -2.54. The Hall–Kier alpha value is -4.63. The van der Waals surface area contributed by atoms with Gasteiger partial charge in [-0.15, -0.1) is 0 Å². The fourth-order valence-corrected chi connectivity index (χ4v) is 8.82. The van der Waals surface area contributed by atoms with E-state index in [4.69, 9.17) is 52.3 Å². The van der Waals surface area contributed by atoms with Crippen LogP contribution in [-0.4, -0.2) is 181 Å². The van der Waals surface area contributed by atoms with Crippen LogP contribution in [0.25, 0.3) is 11.1 Å². The maximum absolute atomic E-state index is 13.9. The zero-order valence-electron chi connectivity index (χ0n) is 43.0. The van der Waals surface area contributed by atoms with Gasteiger partial charge < -0.3 is 67.7 Å². The largest absolute Gasteiger partial charge is 0.477 e. The Kier molecular flexibility index (Phi) is 30.4. The van der Waals surface area contributed by atoms with E-state index in [1.54, 1.807) is 0 Å². The van der Waals surface area contributed by atoms with Crippen LogP contribution in [-0.2, 0) is 77.8 Å². The van der Waals surface area contributed by atoms with Crippen molar-refractivity contribution in [1.82, 2.24) is 15.5 Å². The number of amides is 2. The fraction of sp³-hybridized carbons (Fsp3) is 0.647. The molecular weight excluding hydrogens is 958 g/mol. The quantitative estimate of drug-likeness (QED) is 0.0288. The van der Waals surface area contributed by atoms with Crippen molar-refractivity contribution in [2.24, 2.45) is 11.8 Å². The zero-order valence-corrected chi connectivity index (χ0v) is 44.0. The number of carbonyl (C=O) groups excluding carboxylic acids is 6. The average Bonchev–Trinajstić information content (AvgIpc) is 3.34. The molecule has 2 amide bonds. The lowest BCUT2D eigenvalue weighted by atomic mass is 9.96. The van der Waals surface area contributed by atoms with Crippen LogP contribution in [0.3, 0.4) is 0 Å². The Labute approximate surface area is 425 Å². The summed E-state index contributed by atoms with van der Waals surface area (Å²) in [4.78, 5) is 75.6. The van der Waals surface area contributed by atoms with Crippen LogP contribution in [0.2, 0.25) is 0 Å². The molecule has 2 aromatic carbocycles. The normalized spacial score (nSPS) is 18.1. The molecule has 1 aliphatic rings. The molecule has 0 aliphatic carbocycles. The smallest absolute Gasteiger partial charge is 0.303 e. The van der Waals surface area contributed by atoms with E-state index in [-0.39, 0.29) is 104 Å². The summed E-state index contributed by atoms with van der Waals surface area (Å²) in [5, 5.41) is 14.5. The first-order valence-electron chi connectivity index (χ1n) is 24.7. The van der Waals surface area contributed by atoms with Crippen molar-refractivity contribution >= 4 is 44.8 Å². The van der Waals surface area contributed by atoms with Gasteiger partial charge in [0.05, 0.1) is 94.0 Å². The summed E-state index contributed by atoms with van der Waals surface area (Å²) in [5.74, 6) is -0.648. The van der Waals surface area contributed by atoms with Crippen molar-refractivity contribution in [2.45, 2.75) is 104 Å². The molecule has 3 rings (SSSR count). The van der Waals surface area contributed by atoms with Crippen LogP contribution in [0.1, 0.15) is 66.9 Å². The number of aliphatic hydroxyl groups excluding tert-OH is 1. The van der Waals surface area contributed by atoms with Crippen molar-refractivity contribution in [3.05, 3.63) is 54.1 Å². The van der Waals surface area contributed by atoms with Gasteiger partial charge in [-0.25, -0.2) is 0 Å². The number of esters is 3. The Morgan fingerprint density at radius 1 is 0.778 bits per heavy atom. The zero-order chi connectivity index (χ0) is 52.7. The molecule has 1 saturated heterocycles. The first-order valence-corrected chi connectivity index (χ1v) is 25.6. The van der Waals surface area contributed by atoms with Crippen LogP contribution >= 0.6 is 8.81 Å². The highest BCUT2D eigenvalue weighted by molar-refractivity contribution is 7.33. The maximum Gasteiger partial charge on any atom is 0.303 e. The molecule has 20 nitrogen and oxygen atoms in total. The van der Waals surface area contributed by atoms with E-state index in [2.05, 4.69) is 38.3 Å². The Morgan fingerprint density at radius 2 is 1.36 bits per heavy atom. The molecule has 1 fully saturated rings. The molecule has 3 N–H and O–H groups in total. The molecule has 404 valence electrons. The molecular formula is C51H78N3O17P. The molecule has 2 aromatic rings. The summed E-state index contributed by atoms with van der Waals surface area (Å²) in [5.41, 5.74) is 3.28. The second-order valence-electron chi connectivity index (χ2n) is 17.5. The van der Waals surface area contributed by atoms with E-state index >= 15 is 0 Å². The number of ether oxygens (including phenoxy) is 9. The van der Waals surface area contributed by atoms with Gasteiger partial charge in [-0.3, -0.25) is 28.9 Å². The highest BCUT2D eigenvalue weighted by Crippen LogP contribution is 2.36. The molecule has 0 spiro atoms. The Balaban J connectivity index is 1.55. The van der Waals surface area contributed by atoms with Crippen molar-refractivity contribution in [1.29, 1.82) is 0 Å². The minimum absolute atomic E-state index is 0.0552. The van der Waals surface area contributed by atoms with Crippen molar-refractivity contribution in [3.8, 4) is 16.9 Å². The van der Waals surface area contributed by atoms with Gasteiger partial charge in [0.1, 0.15) is 30.9 Å². The average molecular weight is 1040 g/mol. The van der Waals surface area contributed by atoms with E-state index < -0.39 is 54.5 Å². The highest BCUT2D eigenvalue weighted by atomic mass is 31.1. The van der Waals surface area contributed by atoms with Gasteiger partial charge in [0, 0.05) is 45.9 Å². The van der Waals surface area contributed by atoms with Crippen LogP contribution in [0.15, 0.2) is 48.5 Å². The van der Waals surface area contributed by atoms with Crippen molar-refractivity contribution in [3.63, 3.8) is 0 Å². The number of nitrogens with one attached hydrogen (secondary N) is 2. The van der Waals surface area contributed by atoms with Crippen LogP contribution in [0.4, 0.5) is 0 Å². The number of aliphatic hydroxyl groups is 1. The lowest BCUT2D eigenvalue weighted by Gasteiger charge is -2.39. The van der Waals surface area contributed by atoms with E-state index in [1.807, 2.05) is 48.5 Å². The monoisotopic (exact) mass is 1040 g/mol. The highest BCUT2D eigenvalue weighted by Gasteiger charge is 2.44. The van der Waals surface area contributed by atoms with Gasteiger partial charge >= 0.3 is 17.9 Å². The number of hydrogen-bond acceptors (Lipinski definition) is 18. The summed E-state index contributed by atoms with van der Waals surface area (Å²) in [6, 6.07) is 14.9. The van der Waals surface area contributed by atoms with Gasteiger partial charge in [-0.1, -0.05) is 70.5 Å². The Morgan fingerprint density at radius 3 is 1.93 bits per heavy atom. The van der Waals surface area contributed by atoms with Crippen molar-refractivity contribution < 1.29 is 81.0 Å². The van der Waals surface area contributed by atoms with Gasteiger partial charge in [-0.2, -0.15) is 0 Å². The summed E-state index contributed by atoms with van der Waals surface area (Å²) in [7, 11) is 0.370. The molecule has 0 bridgehead atoms. The molecule has 72 heavy (non-hydrogen) atoms. The molecule has 0 radical (unpaired) electrons. The van der Waals surface area contributed by atoms with E-state index in [0.29, 0.717) is 45.8 Å². The standard InChI is InChI=1S/C51H78N3O17P/c1-8-36(4)50(35(2)3)72-71-43-15-13-42(14-16-43)41-11-9-40(10-12-41)31-44(54(19-20-55)33-47(60)52-17-22-62-25-27-64-24-21-56)51(61)53-18-23-63-26-28-65-29-30-66-48-32-45(68-38(6)58)49(69-39(7)59)46(70-48)34-67-37(5)57/h9-16,20,35-36,44-46,48-50,56,72H,8,17-19,21-34H2,1-7H3,(H,52,60)(H,53,61)/t36?,44?,45-,46-,48-,49-,50?/m1/s1. The van der Waals surface area contributed by atoms with E-state index in [0.717, 1.165) is 28.9 Å². The summed E-state index contributed by atoms with van der Waals surface area (Å²) in [6.07, 6.45) is -1.72. The fourth-order valence-electron chi connectivity index (χ4n) is 7.67. The van der Waals surface area contributed by atoms with E-state index in [9.17, 15) is 28.8 Å². The number of aldehydes is 1. The first kappa shape index (κ1) is 61.7. The minimum Gasteiger partial charge on any atom is -0.477 e. The van der Waals surface area contributed by atoms with Gasteiger partial charge in [0.25, 0.3) is 0 Å². The third-order valence-electron chi connectivity index (χ3n) is 11.4. The minimum atomic E-state index is -1.01. The van der Waals surface area contributed by atoms with Crippen LogP contribution in [0.5, 0.6) is 5.75 Å². The topological polar surface area (TPSA) is 242 Å². The second-order valence-corrected chi connectivity index (χ2v) is 18.6. The molecule has 1 heterocycles. The number of rotatable bonds is 37. The van der Waals surface area contributed by atoms with Crippen LogP contribution in [0, 0.1) is 11.8 Å². The lowest BCUT2D eigenvalue weighted by molar-refractivity contribution is -0.267. The van der Waals surface area contributed by atoms with Crippen molar-refractivity contribution in [2.75, 3.05) is 98.9 Å². The molecule has 4 unspecified atom stereocenters. The number of carbonyl (C=O) groups is 6. The van der Waals surface area contributed by atoms with E-state index in [1.165, 1.54) is 25.7 Å². The third kappa shape index (κ3) is 24.4. The predicted octanol–water partition coefficient (Wildman–Crippen LogP) is 3.66. The SMILES string of the molecule is CCC(C)C(POc1ccc(-c2ccc(CC(C(=O)NCCOCCOCCO[C@H]3C[C@@H](OC(C)=O)[C@@H](OC(C)=O)[C@@H](COC(C)=O)O3)N(CC=O)CC(=O)NCCOCCOCCO)cc2)cc1)C(C)C. The first-order chi connectivity index (χ1) is 34.6. The molecule has 0 aromatic heterocycles. The summed E-state index contributed by atoms with van der Waals surface area (Å²) >= 11 is 0. The third-order valence-corrected chi connectivity index (χ3v) is 13.3. The predicted molar refractivity (Wildman–Crippen MR) is 267 cm³/mol. The summed E-state index contributed by atoms with van der Waals surface area (Å²) < 4.78 is 55.7. The van der Waals surface area contributed by atoms with Gasteiger partial charge in [-0.05, 0) is 47.1 Å². The molecule has 1 aliphatic heterocycles. The summed E-state index contributed by atoms with van der Waals surface area (Å²) in [6.45, 7) is 14.0. The van der Waals surface area contributed by atoms with Crippen LogP contribution < -0.4 is 15.2 Å². The molecule has 8 atom stereocenters. The molecule has 0 saturated carbocycles. The molecule has 21 heteroatoms. The number of benzene rings is 2. The number of nitrogens with zero attached hydrogens (tertiary/aromatic N) is 1. The maximum atomic E-state index is 13.9. The second kappa shape index (κ2) is 35.5. The number of hydrogen-bond donors (Lipinski definition) is 3. The van der Waals surface area contributed by atoms with Gasteiger partial charge in [0.15, 0.2) is 12.4 Å². The van der Waals surface area contributed by atoms with Gasteiger partial charge in [0.2, 0.25) is 11.8 Å².